The molecule has 2 aromatic rings. The van der Waals surface area contributed by atoms with Crippen LogP contribution in [0.2, 0.25) is 0 Å². The van der Waals surface area contributed by atoms with E-state index >= 15 is 0 Å². The zero-order valence-corrected chi connectivity index (χ0v) is 20.4. The van der Waals surface area contributed by atoms with Gasteiger partial charge in [-0.1, -0.05) is 32.0 Å². The molecular formula is C25H33FN2O6. The Hall–Kier alpha value is -3.49. The fourth-order valence-corrected chi connectivity index (χ4v) is 3.20. The lowest BCUT2D eigenvalue weighted by molar-refractivity contribution is -0.125. The molecule has 2 aromatic carbocycles. The molecule has 0 aliphatic carbocycles. The van der Waals surface area contributed by atoms with Crippen molar-refractivity contribution >= 4 is 12.0 Å². The Kier molecular flexibility index (Phi) is 9.97. The van der Waals surface area contributed by atoms with Crippen LogP contribution >= 0.6 is 0 Å². The molecule has 2 atom stereocenters. The molecule has 34 heavy (non-hydrogen) atoms. The van der Waals surface area contributed by atoms with Crippen molar-refractivity contribution in [2.75, 3.05) is 20.8 Å². The van der Waals surface area contributed by atoms with Crippen LogP contribution < -0.4 is 24.8 Å². The van der Waals surface area contributed by atoms with E-state index in [2.05, 4.69) is 10.6 Å². The average Bonchev–Trinajstić information content (AvgIpc) is 2.79. The van der Waals surface area contributed by atoms with Crippen molar-refractivity contribution in [3.05, 3.63) is 53.8 Å². The van der Waals surface area contributed by atoms with Crippen molar-refractivity contribution in [1.82, 2.24) is 10.6 Å². The number of benzene rings is 2. The Morgan fingerprint density at radius 2 is 1.59 bits per heavy atom. The van der Waals surface area contributed by atoms with E-state index in [-0.39, 0.29) is 24.4 Å². The summed E-state index contributed by atoms with van der Waals surface area (Å²) in [5.41, 5.74) is 0.648. The minimum absolute atomic E-state index is 0.0567. The summed E-state index contributed by atoms with van der Waals surface area (Å²) in [5, 5.41) is 5.51. The largest absolute Gasteiger partial charge is 0.493 e. The van der Waals surface area contributed by atoms with Crippen LogP contribution in [0, 0.1) is 11.7 Å². The number of hydrogen-bond donors (Lipinski definition) is 2. The number of carbonyl (C=O) groups excluding carboxylic acids is 2. The number of rotatable bonds is 11. The predicted molar refractivity (Wildman–Crippen MR) is 126 cm³/mol. The number of hydrogen-bond acceptors (Lipinski definition) is 6. The molecule has 0 bridgehead atoms. The zero-order chi connectivity index (χ0) is 25.3. The number of halogens is 1. The normalized spacial score (nSPS) is 12.6. The minimum atomic E-state index is -0.859. The van der Waals surface area contributed by atoms with Crippen LogP contribution in [-0.4, -0.2) is 45.0 Å². The summed E-state index contributed by atoms with van der Waals surface area (Å²) in [5.74, 6) is -0.140. The molecule has 0 spiro atoms. The van der Waals surface area contributed by atoms with Crippen molar-refractivity contribution in [2.45, 2.75) is 45.9 Å². The van der Waals surface area contributed by atoms with E-state index in [0.717, 1.165) is 0 Å². The van der Waals surface area contributed by atoms with E-state index in [0.29, 0.717) is 17.1 Å². The summed E-state index contributed by atoms with van der Waals surface area (Å²) in [7, 11) is 3.03. The summed E-state index contributed by atoms with van der Waals surface area (Å²) in [4.78, 5) is 25.3. The SMILES string of the molecule is COc1ccc(C(COc2ccccc2F)NC(=O)C(NC(=O)OC(C)C)C(C)C)cc1OC. The van der Waals surface area contributed by atoms with Crippen molar-refractivity contribution < 1.29 is 32.9 Å². The standard InChI is InChI=1S/C25H33FN2O6/c1-15(2)23(28-25(30)34-16(3)4)24(29)27-19(14-33-20-10-8-7-9-18(20)26)17-11-12-21(31-5)22(13-17)32-6/h7-13,15-16,19,23H,14H2,1-6H3,(H,27,29)(H,28,30). The third-order valence-corrected chi connectivity index (χ3v) is 4.93. The van der Waals surface area contributed by atoms with Gasteiger partial charge in [0.05, 0.1) is 26.4 Å². The molecule has 0 heterocycles. The van der Waals surface area contributed by atoms with Crippen LogP contribution in [-0.2, 0) is 9.53 Å². The Morgan fingerprint density at radius 3 is 2.18 bits per heavy atom. The fraction of sp³-hybridized carbons (Fsp3) is 0.440. The average molecular weight is 477 g/mol. The molecule has 8 nitrogen and oxygen atoms in total. The number of ether oxygens (including phenoxy) is 4. The van der Waals surface area contributed by atoms with Gasteiger partial charge in [0, 0.05) is 0 Å². The second kappa shape index (κ2) is 12.7. The number of para-hydroxylation sites is 1. The predicted octanol–water partition coefficient (Wildman–Crippen LogP) is 4.24. The van der Waals surface area contributed by atoms with Crippen LogP contribution in [0.25, 0.3) is 0 Å². The first-order valence-corrected chi connectivity index (χ1v) is 11.0. The lowest BCUT2D eigenvalue weighted by Crippen LogP contribution is -2.51. The van der Waals surface area contributed by atoms with Crippen LogP contribution in [0.5, 0.6) is 17.2 Å². The Labute approximate surface area is 199 Å². The van der Waals surface area contributed by atoms with Crippen LogP contribution in [0.1, 0.15) is 39.3 Å². The summed E-state index contributed by atoms with van der Waals surface area (Å²) < 4.78 is 35.6. The first kappa shape index (κ1) is 26.8. The highest BCUT2D eigenvalue weighted by molar-refractivity contribution is 5.86. The molecule has 9 heteroatoms. The Morgan fingerprint density at radius 1 is 0.912 bits per heavy atom. The van der Waals surface area contributed by atoms with Gasteiger partial charge in [0.25, 0.3) is 0 Å². The molecule has 0 radical (unpaired) electrons. The third kappa shape index (κ3) is 7.54. The highest BCUT2D eigenvalue weighted by Gasteiger charge is 2.28. The monoisotopic (exact) mass is 476 g/mol. The topological polar surface area (TPSA) is 95.1 Å². The van der Waals surface area contributed by atoms with Gasteiger partial charge in [0.1, 0.15) is 12.6 Å². The Balaban J connectivity index is 2.29. The molecule has 0 aliphatic rings. The quantitative estimate of drug-likeness (QED) is 0.504. The van der Waals surface area contributed by atoms with Crippen LogP contribution in [0.3, 0.4) is 0 Å². The van der Waals surface area contributed by atoms with E-state index < -0.39 is 29.9 Å². The fourth-order valence-electron chi connectivity index (χ4n) is 3.20. The molecule has 2 amide bonds. The van der Waals surface area contributed by atoms with Gasteiger partial charge in [-0.3, -0.25) is 4.79 Å². The van der Waals surface area contributed by atoms with E-state index in [1.165, 1.54) is 26.4 Å². The van der Waals surface area contributed by atoms with E-state index in [4.69, 9.17) is 18.9 Å². The van der Waals surface area contributed by atoms with E-state index in [1.54, 1.807) is 58.0 Å². The van der Waals surface area contributed by atoms with Crippen molar-refractivity contribution in [2.24, 2.45) is 5.92 Å². The summed E-state index contributed by atoms with van der Waals surface area (Å²) in [6.45, 7) is 6.99. The molecule has 2 unspecified atom stereocenters. The van der Waals surface area contributed by atoms with Crippen molar-refractivity contribution in [1.29, 1.82) is 0 Å². The summed E-state index contributed by atoms with van der Waals surface area (Å²) in [6, 6.07) is 9.63. The van der Waals surface area contributed by atoms with Crippen LogP contribution in [0.4, 0.5) is 9.18 Å². The number of methoxy groups -OCH3 is 2. The zero-order valence-electron chi connectivity index (χ0n) is 20.4. The number of carbonyl (C=O) groups is 2. The van der Waals surface area contributed by atoms with Crippen molar-refractivity contribution in [3.8, 4) is 17.2 Å². The number of alkyl carbamates (subject to hydrolysis) is 1. The maximum Gasteiger partial charge on any atom is 0.408 e. The summed E-state index contributed by atoms with van der Waals surface area (Å²) >= 11 is 0. The van der Waals surface area contributed by atoms with Gasteiger partial charge in [-0.25, -0.2) is 9.18 Å². The molecule has 2 rings (SSSR count). The lowest BCUT2D eigenvalue weighted by atomic mass is 10.0. The van der Waals surface area contributed by atoms with Gasteiger partial charge in [0.2, 0.25) is 5.91 Å². The molecule has 0 saturated carbocycles. The number of amides is 2. The second-order valence-corrected chi connectivity index (χ2v) is 8.24. The number of nitrogens with one attached hydrogen (secondary N) is 2. The Bertz CT molecular complexity index is 966. The molecule has 0 aliphatic heterocycles. The molecule has 0 saturated heterocycles. The highest BCUT2D eigenvalue weighted by Crippen LogP contribution is 2.30. The lowest BCUT2D eigenvalue weighted by Gasteiger charge is -2.26. The maximum absolute atomic E-state index is 14.1. The van der Waals surface area contributed by atoms with Crippen molar-refractivity contribution in [3.63, 3.8) is 0 Å². The van der Waals surface area contributed by atoms with Gasteiger partial charge >= 0.3 is 6.09 Å². The molecule has 0 aromatic heterocycles. The maximum atomic E-state index is 14.1. The second-order valence-electron chi connectivity index (χ2n) is 8.24. The van der Waals surface area contributed by atoms with E-state index in [9.17, 15) is 14.0 Å². The molecule has 186 valence electrons. The van der Waals surface area contributed by atoms with Gasteiger partial charge in [-0.15, -0.1) is 0 Å². The third-order valence-electron chi connectivity index (χ3n) is 4.93. The van der Waals surface area contributed by atoms with Gasteiger partial charge in [-0.2, -0.15) is 0 Å². The van der Waals surface area contributed by atoms with Crippen LogP contribution in [0.15, 0.2) is 42.5 Å². The smallest absolute Gasteiger partial charge is 0.408 e. The summed E-state index contributed by atoms with van der Waals surface area (Å²) in [6.07, 6.45) is -1.02. The van der Waals surface area contributed by atoms with E-state index in [1.807, 2.05) is 0 Å². The first-order chi connectivity index (χ1) is 16.2. The van der Waals surface area contributed by atoms with Gasteiger partial charge in [0.15, 0.2) is 23.1 Å². The molecule has 0 fully saturated rings. The highest BCUT2D eigenvalue weighted by atomic mass is 19.1. The van der Waals surface area contributed by atoms with Gasteiger partial charge < -0.3 is 29.6 Å². The first-order valence-electron chi connectivity index (χ1n) is 11.0. The molecular weight excluding hydrogens is 443 g/mol. The molecule has 2 N–H and O–H groups in total. The van der Waals surface area contributed by atoms with Gasteiger partial charge in [-0.05, 0) is 49.6 Å². The minimum Gasteiger partial charge on any atom is -0.493 e.